The third kappa shape index (κ3) is 3.59. The SMILES string of the molecule is CN1C(=O)/C(=C/c2ccc(O)c(Cl)c2)SC1=Nc1ccc(Cl)cc1. The van der Waals surface area contributed by atoms with E-state index in [0.29, 0.717) is 15.1 Å². The van der Waals surface area contributed by atoms with Crippen LogP contribution in [0.4, 0.5) is 5.69 Å². The Bertz CT molecular complexity index is 863. The average molecular weight is 379 g/mol. The zero-order valence-electron chi connectivity index (χ0n) is 12.5. The van der Waals surface area contributed by atoms with Crippen molar-refractivity contribution in [3.63, 3.8) is 0 Å². The van der Waals surface area contributed by atoms with E-state index in [9.17, 15) is 9.90 Å². The van der Waals surface area contributed by atoms with Gasteiger partial charge in [0.1, 0.15) is 5.75 Å². The summed E-state index contributed by atoms with van der Waals surface area (Å²) in [6.45, 7) is 0. The molecule has 0 saturated carbocycles. The fraction of sp³-hybridized carbons (Fsp3) is 0.0588. The second-order valence-corrected chi connectivity index (χ2v) is 6.91. The van der Waals surface area contributed by atoms with Crippen LogP contribution < -0.4 is 0 Å². The number of phenols is 1. The fourth-order valence-corrected chi connectivity index (χ4v) is 3.34. The van der Waals surface area contributed by atoms with Crippen LogP contribution in [0.15, 0.2) is 52.4 Å². The van der Waals surface area contributed by atoms with Crippen molar-refractivity contribution in [3.05, 3.63) is 63.0 Å². The molecule has 0 aliphatic carbocycles. The number of hydrogen-bond acceptors (Lipinski definition) is 4. The minimum Gasteiger partial charge on any atom is -0.506 e. The van der Waals surface area contributed by atoms with Gasteiger partial charge in [0.15, 0.2) is 5.17 Å². The van der Waals surface area contributed by atoms with E-state index >= 15 is 0 Å². The van der Waals surface area contributed by atoms with Crippen molar-refractivity contribution in [2.75, 3.05) is 7.05 Å². The number of nitrogens with zero attached hydrogens (tertiary/aromatic N) is 2. The lowest BCUT2D eigenvalue weighted by Gasteiger charge is -2.07. The van der Waals surface area contributed by atoms with E-state index in [0.717, 1.165) is 11.3 Å². The molecule has 1 saturated heterocycles. The highest BCUT2D eigenvalue weighted by Gasteiger charge is 2.30. The van der Waals surface area contributed by atoms with Crippen LogP contribution in [-0.2, 0) is 4.79 Å². The molecule has 2 aromatic carbocycles. The molecular formula is C17H12Cl2N2O2S. The van der Waals surface area contributed by atoms with Crippen LogP contribution >= 0.6 is 35.0 Å². The molecule has 7 heteroatoms. The highest BCUT2D eigenvalue weighted by atomic mass is 35.5. The van der Waals surface area contributed by atoms with Gasteiger partial charge in [-0.2, -0.15) is 0 Å². The van der Waals surface area contributed by atoms with Gasteiger partial charge in [-0.05, 0) is 59.8 Å². The molecule has 1 N–H and O–H groups in total. The molecule has 122 valence electrons. The molecule has 1 aliphatic rings. The molecule has 24 heavy (non-hydrogen) atoms. The number of halogens is 2. The van der Waals surface area contributed by atoms with Crippen LogP contribution in [0.3, 0.4) is 0 Å². The van der Waals surface area contributed by atoms with Gasteiger partial charge in [-0.3, -0.25) is 9.69 Å². The van der Waals surface area contributed by atoms with Gasteiger partial charge in [-0.25, -0.2) is 4.99 Å². The lowest BCUT2D eigenvalue weighted by molar-refractivity contribution is -0.121. The van der Waals surface area contributed by atoms with Crippen molar-refractivity contribution in [3.8, 4) is 5.75 Å². The maximum Gasteiger partial charge on any atom is 0.266 e. The number of amides is 1. The first kappa shape index (κ1) is 16.9. The van der Waals surface area contributed by atoms with Crippen molar-refractivity contribution in [2.45, 2.75) is 0 Å². The van der Waals surface area contributed by atoms with Gasteiger partial charge < -0.3 is 5.11 Å². The highest BCUT2D eigenvalue weighted by molar-refractivity contribution is 8.18. The zero-order chi connectivity index (χ0) is 17.3. The highest BCUT2D eigenvalue weighted by Crippen LogP contribution is 2.34. The fourth-order valence-electron chi connectivity index (χ4n) is 2.04. The molecular weight excluding hydrogens is 367 g/mol. The van der Waals surface area contributed by atoms with E-state index in [-0.39, 0.29) is 16.7 Å². The van der Waals surface area contributed by atoms with Crippen LogP contribution in [0.5, 0.6) is 5.75 Å². The summed E-state index contributed by atoms with van der Waals surface area (Å²) in [6.07, 6.45) is 1.72. The van der Waals surface area contributed by atoms with E-state index in [1.807, 2.05) is 0 Å². The van der Waals surface area contributed by atoms with E-state index in [1.54, 1.807) is 49.5 Å². The molecule has 0 atom stereocenters. The van der Waals surface area contributed by atoms with Gasteiger partial charge in [-0.15, -0.1) is 0 Å². The molecule has 0 spiro atoms. The molecule has 1 aliphatic heterocycles. The second-order valence-electron chi connectivity index (χ2n) is 5.06. The van der Waals surface area contributed by atoms with Crippen LogP contribution in [0.2, 0.25) is 10.0 Å². The summed E-state index contributed by atoms with van der Waals surface area (Å²) in [5, 5.41) is 10.9. The molecule has 0 bridgehead atoms. The average Bonchev–Trinajstić information content (AvgIpc) is 2.81. The smallest absolute Gasteiger partial charge is 0.266 e. The van der Waals surface area contributed by atoms with Gasteiger partial charge in [0, 0.05) is 12.1 Å². The van der Waals surface area contributed by atoms with Crippen LogP contribution in [-0.4, -0.2) is 28.1 Å². The van der Waals surface area contributed by atoms with Gasteiger partial charge in [0.2, 0.25) is 0 Å². The summed E-state index contributed by atoms with van der Waals surface area (Å²) in [4.78, 5) is 18.9. The maximum atomic E-state index is 12.4. The van der Waals surface area contributed by atoms with Crippen molar-refractivity contribution >= 4 is 57.8 Å². The van der Waals surface area contributed by atoms with Crippen LogP contribution in [0, 0.1) is 0 Å². The number of aliphatic imine (C=N–C) groups is 1. The van der Waals surface area contributed by atoms with Crippen molar-refractivity contribution < 1.29 is 9.90 Å². The van der Waals surface area contributed by atoms with Gasteiger partial charge in [-0.1, -0.05) is 29.3 Å². The Morgan fingerprint density at radius 3 is 2.54 bits per heavy atom. The Labute approximate surface area is 153 Å². The number of amidine groups is 1. The number of likely N-dealkylation sites (N-methyl/N-ethyl adjacent to an activating group) is 1. The third-order valence-electron chi connectivity index (χ3n) is 3.32. The third-order valence-corrected chi connectivity index (χ3v) is 4.94. The Morgan fingerprint density at radius 1 is 1.17 bits per heavy atom. The summed E-state index contributed by atoms with van der Waals surface area (Å²) < 4.78 is 0. The van der Waals surface area contributed by atoms with Crippen molar-refractivity contribution in [1.29, 1.82) is 0 Å². The molecule has 0 unspecified atom stereocenters. The number of hydrogen-bond donors (Lipinski definition) is 1. The molecule has 0 aromatic heterocycles. The minimum atomic E-state index is -0.142. The van der Waals surface area contributed by atoms with E-state index < -0.39 is 0 Å². The first-order valence-corrected chi connectivity index (χ1v) is 8.51. The lowest BCUT2D eigenvalue weighted by Crippen LogP contribution is -2.23. The Kier molecular flexibility index (Phi) is 4.85. The molecule has 0 radical (unpaired) electrons. The molecule has 4 nitrogen and oxygen atoms in total. The lowest BCUT2D eigenvalue weighted by atomic mass is 10.2. The number of thioether (sulfide) groups is 1. The summed E-state index contributed by atoms with van der Waals surface area (Å²) >= 11 is 13.0. The monoisotopic (exact) mass is 378 g/mol. The Morgan fingerprint density at radius 2 is 1.88 bits per heavy atom. The number of benzene rings is 2. The second kappa shape index (κ2) is 6.89. The Hall–Kier alpha value is -1.95. The predicted octanol–water partition coefficient (Wildman–Crippen LogP) is 4.93. The predicted molar refractivity (Wildman–Crippen MR) is 100 cm³/mol. The zero-order valence-corrected chi connectivity index (χ0v) is 14.9. The quantitative estimate of drug-likeness (QED) is 0.753. The summed E-state index contributed by atoms with van der Waals surface area (Å²) in [5.74, 6) is -0.136. The standard InChI is InChI=1S/C17H12Cl2N2O2S/c1-21-16(23)15(9-10-2-7-14(22)13(19)8-10)24-17(21)20-12-5-3-11(18)4-6-12/h2-9,22H,1H3/b15-9-,20-17?. The van der Waals surface area contributed by atoms with Crippen LogP contribution in [0.1, 0.15) is 5.56 Å². The minimum absolute atomic E-state index is 0.00586. The first-order valence-electron chi connectivity index (χ1n) is 6.94. The number of carbonyl (C=O) groups excluding carboxylic acids is 1. The van der Waals surface area contributed by atoms with Crippen molar-refractivity contribution in [1.82, 2.24) is 4.90 Å². The summed E-state index contributed by atoms with van der Waals surface area (Å²) in [7, 11) is 1.68. The maximum absolute atomic E-state index is 12.4. The number of phenolic OH excluding ortho intramolecular Hbond substituents is 1. The number of rotatable bonds is 2. The summed E-state index contributed by atoms with van der Waals surface area (Å²) in [5.41, 5.74) is 1.45. The van der Waals surface area contributed by atoms with Gasteiger partial charge >= 0.3 is 0 Å². The van der Waals surface area contributed by atoms with E-state index in [4.69, 9.17) is 23.2 Å². The first-order chi connectivity index (χ1) is 11.4. The molecule has 1 fully saturated rings. The molecule has 1 heterocycles. The van der Waals surface area contributed by atoms with Crippen LogP contribution in [0.25, 0.3) is 6.08 Å². The molecule has 2 aromatic rings. The van der Waals surface area contributed by atoms with E-state index in [2.05, 4.69) is 4.99 Å². The number of aromatic hydroxyl groups is 1. The van der Waals surface area contributed by atoms with E-state index in [1.165, 1.54) is 22.7 Å². The normalized spacial score (nSPS) is 18.0. The Balaban J connectivity index is 1.89. The number of carbonyl (C=O) groups is 1. The largest absolute Gasteiger partial charge is 0.506 e. The molecule has 1 amide bonds. The van der Waals surface area contributed by atoms with Gasteiger partial charge in [0.25, 0.3) is 5.91 Å². The van der Waals surface area contributed by atoms with Gasteiger partial charge in [0.05, 0.1) is 15.6 Å². The van der Waals surface area contributed by atoms with Crippen molar-refractivity contribution in [2.24, 2.45) is 4.99 Å². The molecule has 3 rings (SSSR count). The summed E-state index contributed by atoms with van der Waals surface area (Å²) in [6, 6.07) is 11.9. The topological polar surface area (TPSA) is 52.9 Å².